The van der Waals surface area contributed by atoms with Gasteiger partial charge >= 0.3 is 0 Å². The Kier molecular flexibility index (Phi) is 7.30. The quantitative estimate of drug-likeness (QED) is 0.326. The van der Waals surface area contributed by atoms with Crippen molar-refractivity contribution in [1.29, 1.82) is 0 Å². The summed E-state index contributed by atoms with van der Waals surface area (Å²) < 4.78 is 3.03. The number of rotatable bonds is 9. The molecule has 0 atom stereocenters. The first-order valence-corrected chi connectivity index (χ1v) is 12.1. The number of amides is 2. The minimum atomic E-state index is -0.318. The lowest BCUT2D eigenvalue weighted by Crippen LogP contribution is -2.37. The molecule has 11 heteroatoms. The summed E-state index contributed by atoms with van der Waals surface area (Å²) in [4.78, 5) is 35.5. The van der Waals surface area contributed by atoms with Gasteiger partial charge < -0.3 is 25.4 Å². The van der Waals surface area contributed by atoms with E-state index >= 15 is 0 Å². The van der Waals surface area contributed by atoms with Crippen molar-refractivity contribution >= 4 is 67.1 Å². The predicted octanol–water partition coefficient (Wildman–Crippen LogP) is 3.47. The molecule has 2 aromatic heterocycles. The number of aromatic nitrogens is 3. The molecule has 4 rings (SSSR count). The molecule has 2 amide bonds. The second-order valence-electron chi connectivity index (χ2n) is 7.74. The summed E-state index contributed by atoms with van der Waals surface area (Å²) in [7, 11) is 3.59. The average molecular weight is 500 g/mol. The number of fused-ring (bicyclic) bond motifs is 2. The number of imidazole rings is 1. The highest BCUT2D eigenvalue weighted by Gasteiger charge is 2.16. The number of nitrogens with zero attached hydrogens (tertiary/aromatic N) is 4. The van der Waals surface area contributed by atoms with E-state index in [1.54, 1.807) is 24.1 Å². The number of benzene rings is 2. The zero-order chi connectivity index (χ0) is 24.2. The predicted molar refractivity (Wildman–Crippen MR) is 137 cm³/mol. The molecule has 0 bridgehead atoms. The van der Waals surface area contributed by atoms with Gasteiger partial charge in [0.25, 0.3) is 5.91 Å². The molecule has 0 radical (unpaired) electrons. The van der Waals surface area contributed by atoms with Crippen LogP contribution in [0.5, 0.6) is 0 Å². The van der Waals surface area contributed by atoms with Gasteiger partial charge in [-0.05, 0) is 50.4 Å². The fraction of sp³-hybridized carbons (Fsp3) is 0.304. The third kappa shape index (κ3) is 5.14. The average Bonchev–Trinajstić information content (AvgIpc) is 3.39. The van der Waals surface area contributed by atoms with Gasteiger partial charge in [0, 0.05) is 37.3 Å². The Morgan fingerprint density at radius 1 is 1.15 bits per heavy atom. The van der Waals surface area contributed by atoms with Gasteiger partial charge in [-0.25, -0.2) is 9.97 Å². The highest BCUT2D eigenvalue weighted by Crippen LogP contribution is 2.31. The van der Waals surface area contributed by atoms with Crippen LogP contribution >= 0.6 is 22.9 Å². The van der Waals surface area contributed by atoms with E-state index in [1.807, 2.05) is 42.8 Å². The Balaban J connectivity index is 1.60. The van der Waals surface area contributed by atoms with Gasteiger partial charge in [-0.1, -0.05) is 22.9 Å². The van der Waals surface area contributed by atoms with E-state index in [0.29, 0.717) is 40.3 Å². The summed E-state index contributed by atoms with van der Waals surface area (Å²) in [5.74, 6) is 0.173. The lowest BCUT2D eigenvalue weighted by molar-refractivity contribution is -0.128. The van der Waals surface area contributed by atoms with Crippen molar-refractivity contribution in [2.24, 2.45) is 0 Å². The molecule has 34 heavy (non-hydrogen) atoms. The molecule has 0 spiro atoms. The number of hydrogen-bond donors (Lipinski definition) is 3. The van der Waals surface area contributed by atoms with E-state index in [1.165, 1.54) is 11.3 Å². The first kappa shape index (κ1) is 23.9. The van der Waals surface area contributed by atoms with E-state index in [4.69, 9.17) is 16.6 Å². The van der Waals surface area contributed by atoms with Crippen LogP contribution in [0.2, 0.25) is 5.02 Å². The molecule has 0 aliphatic rings. The maximum absolute atomic E-state index is 12.6. The maximum atomic E-state index is 12.6. The number of anilines is 2. The molecule has 0 fully saturated rings. The molecular formula is C23H26ClN7O2S. The molecule has 0 unspecified atom stereocenters. The second-order valence-corrected chi connectivity index (χ2v) is 9.21. The zero-order valence-corrected chi connectivity index (χ0v) is 20.8. The van der Waals surface area contributed by atoms with E-state index in [2.05, 4.69) is 20.9 Å². The van der Waals surface area contributed by atoms with Gasteiger partial charge in [-0.2, -0.15) is 0 Å². The third-order valence-electron chi connectivity index (χ3n) is 5.47. The first-order valence-electron chi connectivity index (χ1n) is 10.9. The zero-order valence-electron chi connectivity index (χ0n) is 19.2. The van der Waals surface area contributed by atoms with Crippen molar-refractivity contribution in [2.75, 3.05) is 39.0 Å². The van der Waals surface area contributed by atoms with Crippen LogP contribution in [0.15, 0.2) is 36.4 Å². The van der Waals surface area contributed by atoms with Gasteiger partial charge in [0.05, 0.1) is 27.8 Å². The van der Waals surface area contributed by atoms with Gasteiger partial charge in [0.15, 0.2) is 5.13 Å². The lowest BCUT2D eigenvalue weighted by atomic mass is 10.2. The van der Waals surface area contributed by atoms with E-state index in [9.17, 15) is 9.59 Å². The fourth-order valence-electron chi connectivity index (χ4n) is 3.43. The Bertz CT molecular complexity index is 1350. The van der Waals surface area contributed by atoms with Gasteiger partial charge in [-0.3, -0.25) is 9.59 Å². The molecule has 9 nitrogen and oxygen atoms in total. The number of carbonyl (C=O) groups is 2. The number of nitrogens with one attached hydrogen (secondary N) is 3. The molecule has 0 saturated heterocycles. The maximum Gasteiger partial charge on any atom is 0.251 e. The molecule has 0 aliphatic carbocycles. The van der Waals surface area contributed by atoms with Crippen LogP contribution in [0.4, 0.5) is 11.1 Å². The standard InChI is InChI=1S/C23H26ClN7O2S/c1-4-30(3)20(32)13-26-21(33)14-5-8-18-17(11-14)27-22(31(18)10-9-25-2)29-23-28-16-7-6-15(24)12-19(16)34-23/h5-8,11-12,25H,4,9-10,13H2,1-3H3,(H,26,33)(H,27,28,29). The Hall–Kier alpha value is -3.21. The minimum Gasteiger partial charge on any atom is -0.345 e. The largest absolute Gasteiger partial charge is 0.345 e. The highest BCUT2D eigenvalue weighted by atomic mass is 35.5. The first-order chi connectivity index (χ1) is 16.4. The molecule has 4 aromatic rings. The normalized spacial score (nSPS) is 11.2. The second kappa shape index (κ2) is 10.4. The monoisotopic (exact) mass is 499 g/mol. The van der Waals surface area contributed by atoms with Crippen LogP contribution < -0.4 is 16.0 Å². The van der Waals surface area contributed by atoms with Crippen molar-refractivity contribution in [1.82, 2.24) is 30.1 Å². The molecule has 2 heterocycles. The Labute approximate surface area is 206 Å². The van der Waals surface area contributed by atoms with Gasteiger partial charge in [0.1, 0.15) is 0 Å². The van der Waals surface area contributed by atoms with Crippen molar-refractivity contribution in [2.45, 2.75) is 13.5 Å². The number of thiazole rings is 1. The Morgan fingerprint density at radius 2 is 1.97 bits per heavy atom. The van der Waals surface area contributed by atoms with Gasteiger partial charge in [0.2, 0.25) is 11.9 Å². The topological polar surface area (TPSA) is 104 Å². The van der Waals surface area contributed by atoms with Crippen LogP contribution in [0, 0.1) is 0 Å². The minimum absolute atomic E-state index is 0.0494. The Morgan fingerprint density at radius 3 is 2.74 bits per heavy atom. The van der Waals surface area contributed by atoms with Crippen LogP contribution in [0.1, 0.15) is 17.3 Å². The summed E-state index contributed by atoms with van der Waals surface area (Å²) in [6, 6.07) is 10.9. The van der Waals surface area contributed by atoms with E-state index in [-0.39, 0.29) is 18.4 Å². The van der Waals surface area contributed by atoms with Crippen molar-refractivity contribution < 1.29 is 9.59 Å². The van der Waals surface area contributed by atoms with Crippen LogP contribution in [-0.4, -0.2) is 65.0 Å². The molecule has 0 saturated carbocycles. The summed E-state index contributed by atoms with van der Waals surface area (Å²) in [6.45, 7) is 3.84. The summed E-state index contributed by atoms with van der Waals surface area (Å²) in [6.07, 6.45) is 0. The number of halogens is 1. The van der Waals surface area contributed by atoms with Crippen LogP contribution in [0.3, 0.4) is 0 Å². The van der Waals surface area contributed by atoms with E-state index in [0.717, 1.165) is 22.3 Å². The summed E-state index contributed by atoms with van der Waals surface area (Å²) >= 11 is 7.60. The third-order valence-corrected chi connectivity index (χ3v) is 6.63. The number of hydrogen-bond acceptors (Lipinski definition) is 7. The fourth-order valence-corrected chi connectivity index (χ4v) is 4.57. The van der Waals surface area contributed by atoms with E-state index < -0.39 is 0 Å². The highest BCUT2D eigenvalue weighted by molar-refractivity contribution is 7.22. The summed E-state index contributed by atoms with van der Waals surface area (Å²) in [5.41, 5.74) is 2.86. The molecule has 0 aliphatic heterocycles. The van der Waals surface area contributed by atoms with Crippen LogP contribution in [-0.2, 0) is 11.3 Å². The number of carbonyl (C=O) groups excluding carboxylic acids is 2. The smallest absolute Gasteiger partial charge is 0.251 e. The van der Waals surface area contributed by atoms with Gasteiger partial charge in [-0.15, -0.1) is 0 Å². The summed E-state index contributed by atoms with van der Waals surface area (Å²) in [5, 5.41) is 10.5. The number of likely N-dealkylation sites (N-methyl/N-ethyl adjacent to an activating group) is 2. The van der Waals surface area contributed by atoms with Crippen molar-refractivity contribution in [3.63, 3.8) is 0 Å². The van der Waals surface area contributed by atoms with Crippen molar-refractivity contribution in [3.8, 4) is 0 Å². The molecule has 178 valence electrons. The SMILES string of the molecule is CCN(C)C(=O)CNC(=O)c1ccc2c(c1)nc(Nc1nc3ccc(Cl)cc3s1)n2CCNC. The van der Waals surface area contributed by atoms with Crippen LogP contribution in [0.25, 0.3) is 21.3 Å². The molecule has 3 N–H and O–H groups in total. The lowest BCUT2D eigenvalue weighted by Gasteiger charge is -2.14. The molecule has 2 aromatic carbocycles. The molecular weight excluding hydrogens is 474 g/mol. The van der Waals surface area contributed by atoms with Crippen molar-refractivity contribution in [3.05, 3.63) is 47.0 Å².